The molecule has 4 aromatic heterocycles. The minimum Gasteiger partial charge on any atom is -0.465 e. The minimum atomic E-state index is -0.348. The Bertz CT molecular complexity index is 1180. The van der Waals surface area contributed by atoms with Gasteiger partial charge in [-0.25, -0.2) is 9.38 Å². The molecule has 22 heavy (non-hydrogen) atoms. The van der Waals surface area contributed by atoms with Gasteiger partial charge in [0.1, 0.15) is 15.1 Å². The molecule has 0 saturated carbocycles. The molecule has 7 heteroatoms. The third-order valence-corrected chi connectivity index (χ3v) is 5.67. The van der Waals surface area contributed by atoms with Crippen LogP contribution in [0.4, 0.5) is 0 Å². The smallest absolute Gasteiger partial charge is 0.277 e. The van der Waals surface area contributed by atoms with Crippen LogP contribution in [0.3, 0.4) is 0 Å². The largest absolute Gasteiger partial charge is 0.465 e. The molecule has 0 aliphatic rings. The molecule has 4 aromatic rings. The number of furan rings is 1. The summed E-state index contributed by atoms with van der Waals surface area (Å²) in [6.45, 7) is 3.84. The van der Waals surface area contributed by atoms with Crippen molar-refractivity contribution in [3.63, 3.8) is 0 Å². The van der Waals surface area contributed by atoms with Gasteiger partial charge in [0.25, 0.3) is 11.1 Å². The molecule has 5 nitrogen and oxygen atoms in total. The number of nitrogens with zero attached hydrogens (tertiary/aromatic N) is 2. The van der Waals surface area contributed by atoms with Crippen LogP contribution in [0, 0.1) is 13.8 Å². The molecule has 0 aliphatic carbocycles. The van der Waals surface area contributed by atoms with Crippen molar-refractivity contribution in [1.82, 2.24) is 9.38 Å². The summed E-state index contributed by atoms with van der Waals surface area (Å²) in [7, 11) is 0. The van der Waals surface area contributed by atoms with Gasteiger partial charge in [0.2, 0.25) is 4.96 Å². The van der Waals surface area contributed by atoms with Crippen LogP contribution in [0.2, 0.25) is 0 Å². The molecule has 0 unspecified atom stereocenters. The number of thiazole rings is 1. The van der Waals surface area contributed by atoms with Gasteiger partial charge in [0, 0.05) is 11.0 Å². The molecule has 4 heterocycles. The fourth-order valence-corrected chi connectivity index (χ4v) is 4.39. The van der Waals surface area contributed by atoms with E-state index in [1.807, 2.05) is 13.8 Å². The molecule has 0 radical (unpaired) electrons. The quantitative estimate of drug-likeness (QED) is 0.536. The highest BCUT2D eigenvalue weighted by Crippen LogP contribution is 2.26. The molecular weight excluding hydrogens is 320 g/mol. The van der Waals surface area contributed by atoms with Crippen molar-refractivity contribution in [1.29, 1.82) is 0 Å². The van der Waals surface area contributed by atoms with Gasteiger partial charge in [-0.05, 0) is 31.5 Å². The Hall–Kier alpha value is -2.25. The van der Waals surface area contributed by atoms with Crippen LogP contribution >= 0.6 is 22.7 Å². The number of aryl methyl sites for hydroxylation is 2. The third kappa shape index (κ3) is 1.79. The molecule has 0 saturated heterocycles. The van der Waals surface area contributed by atoms with E-state index in [0.717, 1.165) is 14.8 Å². The van der Waals surface area contributed by atoms with Gasteiger partial charge in [-0.2, -0.15) is 0 Å². The van der Waals surface area contributed by atoms with Gasteiger partial charge in [-0.15, -0.1) is 11.3 Å². The Morgan fingerprint density at radius 3 is 2.77 bits per heavy atom. The number of rotatable bonds is 1. The predicted molar refractivity (Wildman–Crippen MR) is 88.0 cm³/mol. The predicted octanol–water partition coefficient (Wildman–Crippen LogP) is 2.09. The summed E-state index contributed by atoms with van der Waals surface area (Å²) in [5.74, 6) is 0.575. The van der Waals surface area contributed by atoms with Crippen molar-refractivity contribution in [3.05, 3.63) is 59.8 Å². The highest BCUT2D eigenvalue weighted by Gasteiger charge is 2.16. The van der Waals surface area contributed by atoms with Gasteiger partial charge in [0.15, 0.2) is 0 Å². The number of hydrogen-bond donors (Lipinski definition) is 0. The summed E-state index contributed by atoms with van der Waals surface area (Å²) in [6, 6.07) is 3.50. The maximum absolute atomic E-state index is 12.7. The zero-order valence-electron chi connectivity index (χ0n) is 11.7. The summed E-state index contributed by atoms with van der Waals surface area (Å²) >= 11 is 2.68. The molecule has 0 atom stereocenters. The molecule has 0 fully saturated rings. The first-order valence-corrected chi connectivity index (χ1v) is 8.20. The van der Waals surface area contributed by atoms with Crippen LogP contribution in [0.25, 0.3) is 21.3 Å². The normalized spacial score (nSPS) is 12.7. The van der Waals surface area contributed by atoms with Gasteiger partial charge in [0.05, 0.1) is 11.6 Å². The maximum atomic E-state index is 12.7. The maximum Gasteiger partial charge on any atom is 0.277 e. The van der Waals surface area contributed by atoms with E-state index in [-0.39, 0.29) is 11.1 Å². The Morgan fingerprint density at radius 1 is 1.23 bits per heavy atom. The summed E-state index contributed by atoms with van der Waals surface area (Å²) in [5, 5.41) is 0.541. The Morgan fingerprint density at radius 2 is 2.05 bits per heavy atom. The summed E-state index contributed by atoms with van der Waals surface area (Å²) in [5.41, 5.74) is 0.260. The van der Waals surface area contributed by atoms with E-state index in [9.17, 15) is 9.59 Å². The van der Waals surface area contributed by atoms with E-state index < -0.39 is 0 Å². The van der Waals surface area contributed by atoms with E-state index in [2.05, 4.69) is 4.98 Å². The van der Waals surface area contributed by atoms with Crippen molar-refractivity contribution in [2.45, 2.75) is 13.8 Å². The highest BCUT2D eigenvalue weighted by atomic mass is 32.1. The van der Waals surface area contributed by atoms with Crippen molar-refractivity contribution in [2.75, 3.05) is 0 Å². The van der Waals surface area contributed by atoms with E-state index in [0.29, 0.717) is 25.5 Å². The zero-order valence-corrected chi connectivity index (χ0v) is 13.4. The van der Waals surface area contributed by atoms with Crippen molar-refractivity contribution in [3.8, 4) is 0 Å². The standard InChI is InChI=1S/C15H10N2O3S2/c1-7-8(2)21-12-11(7)14(19)17-13(18)10(22-15(17)16-12)6-9-4-3-5-20-9/h3-6H,1-2H3/b10-6+. The van der Waals surface area contributed by atoms with E-state index in [4.69, 9.17) is 4.42 Å². The van der Waals surface area contributed by atoms with E-state index in [1.165, 1.54) is 28.9 Å². The highest BCUT2D eigenvalue weighted by molar-refractivity contribution is 7.19. The van der Waals surface area contributed by atoms with Crippen LogP contribution in [-0.4, -0.2) is 9.38 Å². The van der Waals surface area contributed by atoms with Crippen LogP contribution in [0.15, 0.2) is 32.4 Å². The van der Waals surface area contributed by atoms with Crippen LogP contribution < -0.4 is 15.7 Å². The number of hydrogen-bond acceptors (Lipinski definition) is 6. The second-order valence-electron chi connectivity index (χ2n) is 4.93. The van der Waals surface area contributed by atoms with Gasteiger partial charge in [-0.1, -0.05) is 11.3 Å². The molecule has 4 rings (SSSR count). The Balaban J connectivity index is 2.16. The van der Waals surface area contributed by atoms with Crippen LogP contribution in [-0.2, 0) is 0 Å². The monoisotopic (exact) mass is 330 g/mol. The average molecular weight is 330 g/mol. The lowest BCUT2D eigenvalue weighted by Gasteiger charge is -1.92. The van der Waals surface area contributed by atoms with Crippen molar-refractivity contribution >= 4 is 43.9 Å². The molecule has 0 spiro atoms. The van der Waals surface area contributed by atoms with E-state index >= 15 is 0 Å². The lowest BCUT2D eigenvalue weighted by molar-refractivity contribution is 0.556. The molecule has 0 bridgehead atoms. The molecule has 0 N–H and O–H groups in total. The van der Waals surface area contributed by atoms with Crippen LogP contribution in [0.1, 0.15) is 16.2 Å². The fraction of sp³-hybridized carbons (Fsp3) is 0.133. The second kappa shape index (κ2) is 4.62. The van der Waals surface area contributed by atoms with E-state index in [1.54, 1.807) is 18.2 Å². The lowest BCUT2D eigenvalue weighted by Crippen LogP contribution is -2.31. The summed E-state index contributed by atoms with van der Waals surface area (Å²) in [6.07, 6.45) is 3.17. The first-order chi connectivity index (χ1) is 10.6. The molecule has 0 aromatic carbocycles. The van der Waals surface area contributed by atoms with Crippen LogP contribution in [0.5, 0.6) is 0 Å². The summed E-state index contributed by atoms with van der Waals surface area (Å²) in [4.78, 5) is 31.8. The first kappa shape index (κ1) is 13.4. The molecule has 110 valence electrons. The second-order valence-corrected chi connectivity index (χ2v) is 7.14. The summed E-state index contributed by atoms with van der Waals surface area (Å²) < 4.78 is 6.81. The Kier molecular flexibility index (Phi) is 2.82. The zero-order chi connectivity index (χ0) is 15.4. The topological polar surface area (TPSA) is 64.6 Å². The number of aromatic nitrogens is 2. The fourth-order valence-electron chi connectivity index (χ4n) is 2.37. The average Bonchev–Trinajstić information content (AvgIpc) is 3.14. The number of fused-ring (bicyclic) bond motifs is 2. The SMILES string of the molecule is Cc1sc2nc3s/c(=C/c4ccco4)c(=O)n3c(=O)c2c1C. The molecule has 0 amide bonds. The van der Waals surface area contributed by atoms with Crippen molar-refractivity contribution in [2.24, 2.45) is 0 Å². The Labute approximate surface area is 131 Å². The molecular formula is C15H10N2O3S2. The minimum absolute atomic E-state index is 0.290. The first-order valence-electron chi connectivity index (χ1n) is 6.57. The lowest BCUT2D eigenvalue weighted by atomic mass is 10.2. The molecule has 0 aliphatic heterocycles. The van der Waals surface area contributed by atoms with Gasteiger partial charge < -0.3 is 4.42 Å². The third-order valence-electron chi connectivity index (χ3n) is 3.60. The van der Waals surface area contributed by atoms with Gasteiger partial charge in [-0.3, -0.25) is 9.59 Å². The number of thiophene rings is 1. The van der Waals surface area contributed by atoms with Gasteiger partial charge >= 0.3 is 0 Å². The van der Waals surface area contributed by atoms with Crippen molar-refractivity contribution < 1.29 is 4.42 Å².